The second-order valence-electron chi connectivity index (χ2n) is 16.6. The average Bonchev–Trinajstić information content (AvgIpc) is 3.21. The molecule has 0 aromatic heterocycles. The van der Waals surface area contributed by atoms with Gasteiger partial charge in [-0.3, -0.25) is 0 Å². The third-order valence-corrected chi connectivity index (χ3v) is 12.9. The van der Waals surface area contributed by atoms with Crippen molar-refractivity contribution in [1.29, 1.82) is 0 Å². The third-order valence-electron chi connectivity index (χ3n) is 12.9. The van der Waals surface area contributed by atoms with E-state index in [0.29, 0.717) is 12.3 Å². The number of allylic oxidation sites excluding steroid dienone is 5. The fourth-order valence-electron chi connectivity index (χ4n) is 10.5. The fraction of sp³-hybridized carbons (Fsp3) is 0.829. The average molecular weight is 601 g/mol. The lowest BCUT2D eigenvalue weighted by Crippen LogP contribution is -2.56. The van der Waals surface area contributed by atoms with E-state index in [-0.39, 0.29) is 53.0 Å². The van der Waals surface area contributed by atoms with Gasteiger partial charge in [0.05, 0.1) is 24.4 Å². The first-order valence-corrected chi connectivity index (χ1v) is 16.5. The second-order valence-corrected chi connectivity index (χ2v) is 16.6. The van der Waals surface area contributed by atoms with Gasteiger partial charge in [0.1, 0.15) is 24.4 Å². The molecule has 0 aromatic rings. The molecule has 3 saturated heterocycles. The molecule has 7 aliphatic rings. The van der Waals surface area contributed by atoms with E-state index in [1.165, 1.54) is 16.7 Å². The van der Waals surface area contributed by atoms with Gasteiger partial charge in [-0.2, -0.15) is 0 Å². The van der Waals surface area contributed by atoms with Crippen molar-refractivity contribution in [2.45, 2.75) is 141 Å². The Labute approximate surface area is 256 Å². The Balaban J connectivity index is 1.17. The lowest BCUT2D eigenvalue weighted by Gasteiger charge is -2.50. The van der Waals surface area contributed by atoms with Crippen LogP contribution in [0.4, 0.5) is 0 Å². The van der Waals surface area contributed by atoms with Crippen LogP contribution < -0.4 is 0 Å². The molecular formula is C35H52O8. The highest BCUT2D eigenvalue weighted by molar-refractivity contribution is 5.46. The molecule has 3 aliphatic heterocycles. The molecule has 8 nitrogen and oxygen atoms in total. The van der Waals surface area contributed by atoms with Gasteiger partial charge >= 0.3 is 0 Å². The quantitative estimate of drug-likeness (QED) is 0.357. The van der Waals surface area contributed by atoms with E-state index in [0.717, 1.165) is 32.1 Å². The standard InChI is InChI=1S/C35H52O8/c1-18-12-24-29(32(4,5)39)43-35(42-24)17-33(6)14-20-8-10-22-19(13-21(20)15-34(33,7)28(18)35)9-11-25(31(22,2)3)41-30-27(38)26(37)23(36)16-40-30/h8-9,15,18,22-30,36-39H,10-14,16-17H2,1-7H3/t18-,22+,23+,24+,25-,26+,27-,28-,29-,30+,33+,34-,35-/m1/s1. The summed E-state index contributed by atoms with van der Waals surface area (Å²) in [6.07, 6.45) is 7.37. The van der Waals surface area contributed by atoms with Gasteiger partial charge in [0, 0.05) is 17.8 Å². The third kappa shape index (κ3) is 4.38. The minimum absolute atomic E-state index is 0.0322. The maximum atomic E-state index is 11.0. The molecule has 0 amide bonds. The highest BCUT2D eigenvalue weighted by atomic mass is 16.8. The number of hydrogen-bond acceptors (Lipinski definition) is 8. The van der Waals surface area contributed by atoms with Crippen LogP contribution in [0.2, 0.25) is 0 Å². The Hall–Kier alpha value is -1.10. The van der Waals surface area contributed by atoms with Gasteiger partial charge in [0.15, 0.2) is 12.1 Å². The first-order valence-electron chi connectivity index (χ1n) is 16.5. The van der Waals surface area contributed by atoms with Crippen molar-refractivity contribution in [3.8, 4) is 0 Å². The first kappa shape index (κ1) is 30.5. The predicted octanol–water partition coefficient (Wildman–Crippen LogP) is 4.16. The van der Waals surface area contributed by atoms with Crippen molar-refractivity contribution in [2.24, 2.45) is 34.0 Å². The Morgan fingerprint density at radius 2 is 1.72 bits per heavy atom. The Morgan fingerprint density at radius 3 is 2.44 bits per heavy atom. The molecule has 240 valence electrons. The molecule has 4 N–H and O–H groups in total. The lowest BCUT2D eigenvalue weighted by molar-refractivity contribution is -0.293. The van der Waals surface area contributed by atoms with Crippen LogP contribution in [0, 0.1) is 34.0 Å². The largest absolute Gasteiger partial charge is 0.388 e. The monoisotopic (exact) mass is 600 g/mol. The van der Waals surface area contributed by atoms with Crippen molar-refractivity contribution in [3.05, 3.63) is 34.9 Å². The molecule has 3 heterocycles. The summed E-state index contributed by atoms with van der Waals surface area (Å²) in [6.45, 7) is 15.3. The summed E-state index contributed by atoms with van der Waals surface area (Å²) in [5.74, 6) is 0.247. The molecular weight excluding hydrogens is 548 g/mol. The van der Waals surface area contributed by atoms with Gasteiger partial charge in [-0.15, -0.1) is 0 Å². The summed E-state index contributed by atoms with van der Waals surface area (Å²) in [4.78, 5) is 0. The van der Waals surface area contributed by atoms with E-state index in [1.54, 1.807) is 0 Å². The minimum Gasteiger partial charge on any atom is -0.388 e. The highest BCUT2D eigenvalue weighted by Crippen LogP contribution is 2.73. The van der Waals surface area contributed by atoms with Crippen molar-refractivity contribution in [3.63, 3.8) is 0 Å². The summed E-state index contributed by atoms with van der Waals surface area (Å²) < 4.78 is 25.6. The zero-order chi connectivity index (χ0) is 30.9. The Bertz CT molecular complexity index is 1250. The zero-order valence-electron chi connectivity index (χ0n) is 26.9. The number of aliphatic hydroxyl groups excluding tert-OH is 3. The molecule has 4 fully saturated rings. The molecule has 1 spiro atoms. The number of aliphatic hydroxyl groups is 4. The van der Waals surface area contributed by atoms with Crippen LogP contribution in [0.5, 0.6) is 0 Å². The molecule has 7 rings (SSSR count). The van der Waals surface area contributed by atoms with E-state index < -0.39 is 36.0 Å². The fourth-order valence-corrected chi connectivity index (χ4v) is 10.5. The van der Waals surface area contributed by atoms with Crippen LogP contribution in [0.3, 0.4) is 0 Å². The minimum atomic E-state index is -1.29. The molecule has 0 aromatic carbocycles. The summed E-state index contributed by atoms with van der Waals surface area (Å²) in [5, 5.41) is 41.6. The number of rotatable bonds is 3. The normalized spacial score (nSPS) is 52.1. The first-order chi connectivity index (χ1) is 20.0. The van der Waals surface area contributed by atoms with Crippen LogP contribution in [-0.4, -0.2) is 81.3 Å². The Kier molecular flexibility index (Phi) is 6.90. The van der Waals surface area contributed by atoms with E-state index in [9.17, 15) is 20.4 Å². The maximum absolute atomic E-state index is 11.0. The summed E-state index contributed by atoms with van der Waals surface area (Å²) in [7, 11) is 0. The lowest BCUT2D eigenvalue weighted by atomic mass is 9.55. The van der Waals surface area contributed by atoms with Gasteiger partial charge in [0.2, 0.25) is 0 Å². The second kappa shape index (κ2) is 9.71. The molecule has 2 bridgehead atoms. The number of fused-ring (bicyclic) bond motifs is 5. The molecule has 0 radical (unpaired) electrons. The number of hydrogen-bond donors (Lipinski definition) is 4. The van der Waals surface area contributed by atoms with Crippen LogP contribution in [-0.2, 0) is 18.9 Å². The van der Waals surface area contributed by atoms with E-state index in [1.807, 2.05) is 13.8 Å². The van der Waals surface area contributed by atoms with Crippen LogP contribution >= 0.6 is 0 Å². The van der Waals surface area contributed by atoms with Gasteiger partial charge < -0.3 is 39.4 Å². The van der Waals surface area contributed by atoms with Gasteiger partial charge in [-0.1, -0.05) is 58.4 Å². The van der Waals surface area contributed by atoms with E-state index in [4.69, 9.17) is 18.9 Å². The highest BCUT2D eigenvalue weighted by Gasteiger charge is 2.74. The van der Waals surface area contributed by atoms with E-state index >= 15 is 0 Å². The summed E-state index contributed by atoms with van der Waals surface area (Å²) in [5.41, 5.74) is 2.99. The molecule has 1 saturated carbocycles. The van der Waals surface area contributed by atoms with Crippen LogP contribution in [0.25, 0.3) is 0 Å². The van der Waals surface area contributed by atoms with Crippen molar-refractivity contribution < 1.29 is 39.4 Å². The topological polar surface area (TPSA) is 118 Å². The Morgan fingerprint density at radius 1 is 0.977 bits per heavy atom. The molecule has 13 atom stereocenters. The van der Waals surface area contributed by atoms with Crippen LogP contribution in [0.1, 0.15) is 87.0 Å². The predicted molar refractivity (Wildman–Crippen MR) is 159 cm³/mol. The maximum Gasteiger partial charge on any atom is 0.186 e. The zero-order valence-corrected chi connectivity index (χ0v) is 26.9. The SMILES string of the molecule is C[C@@H]1C[C@@H]2O[C@]3(C[C@]4(C)CC5=CC[C@H]6C(=CC[C@@H](O[C@@H]7OC[C@H](O)[C@H](O)[C@H]7O)C6(C)C)CC5=C[C@]4(C)[C@@H]13)O[C@H]2C(C)(C)O. The number of ether oxygens (including phenoxy) is 4. The van der Waals surface area contributed by atoms with Gasteiger partial charge in [-0.05, 0) is 79.8 Å². The van der Waals surface area contributed by atoms with Crippen molar-refractivity contribution >= 4 is 0 Å². The van der Waals surface area contributed by atoms with Gasteiger partial charge in [-0.25, -0.2) is 0 Å². The smallest absolute Gasteiger partial charge is 0.186 e. The molecule has 43 heavy (non-hydrogen) atoms. The molecule has 8 heteroatoms. The summed E-state index contributed by atoms with van der Waals surface area (Å²) in [6, 6.07) is 0. The molecule has 0 unspecified atom stereocenters. The van der Waals surface area contributed by atoms with E-state index in [2.05, 4.69) is 52.8 Å². The van der Waals surface area contributed by atoms with Crippen LogP contribution in [0.15, 0.2) is 34.9 Å². The summed E-state index contributed by atoms with van der Waals surface area (Å²) >= 11 is 0. The molecule has 4 aliphatic carbocycles. The van der Waals surface area contributed by atoms with Crippen molar-refractivity contribution in [2.75, 3.05) is 6.61 Å². The van der Waals surface area contributed by atoms with Gasteiger partial charge in [0.25, 0.3) is 0 Å². The van der Waals surface area contributed by atoms with Crippen molar-refractivity contribution in [1.82, 2.24) is 0 Å².